The van der Waals surface area contributed by atoms with E-state index in [1.807, 2.05) is 63.2 Å². The van der Waals surface area contributed by atoms with Crippen LogP contribution in [0.2, 0.25) is 5.02 Å². The van der Waals surface area contributed by atoms with Crippen molar-refractivity contribution in [3.63, 3.8) is 0 Å². The van der Waals surface area contributed by atoms with Gasteiger partial charge in [0.2, 0.25) is 0 Å². The molecule has 0 aromatic heterocycles. The van der Waals surface area contributed by atoms with Crippen LogP contribution in [0.3, 0.4) is 0 Å². The lowest BCUT2D eigenvalue weighted by atomic mass is 10.1. The van der Waals surface area contributed by atoms with Gasteiger partial charge in [0.15, 0.2) is 6.10 Å². The van der Waals surface area contributed by atoms with Gasteiger partial charge in [-0.25, -0.2) is 0 Å². The van der Waals surface area contributed by atoms with Crippen molar-refractivity contribution in [3.8, 4) is 5.75 Å². The molecule has 140 valence electrons. The fourth-order valence-corrected chi connectivity index (χ4v) is 3.61. The van der Waals surface area contributed by atoms with Crippen LogP contribution in [-0.4, -0.2) is 24.3 Å². The molecule has 26 heavy (non-hydrogen) atoms. The quantitative estimate of drug-likeness (QED) is 0.599. The van der Waals surface area contributed by atoms with E-state index in [2.05, 4.69) is 5.32 Å². The zero-order chi connectivity index (χ0) is 18.9. The maximum Gasteiger partial charge on any atom is 0.261 e. The summed E-state index contributed by atoms with van der Waals surface area (Å²) in [6.45, 7) is 6.58. The van der Waals surface area contributed by atoms with Gasteiger partial charge in [0.05, 0.1) is 0 Å². The van der Waals surface area contributed by atoms with Gasteiger partial charge in [-0.1, -0.05) is 48.9 Å². The van der Waals surface area contributed by atoms with Crippen molar-refractivity contribution in [2.75, 3.05) is 12.3 Å². The van der Waals surface area contributed by atoms with E-state index >= 15 is 0 Å². The molecule has 0 saturated heterocycles. The summed E-state index contributed by atoms with van der Waals surface area (Å²) in [5.74, 6) is 2.38. The molecule has 0 saturated carbocycles. The van der Waals surface area contributed by atoms with Gasteiger partial charge in [0.25, 0.3) is 5.91 Å². The minimum absolute atomic E-state index is 0.0632. The highest BCUT2D eigenvalue weighted by molar-refractivity contribution is 7.98. The molecule has 0 aliphatic carbocycles. The van der Waals surface area contributed by atoms with Crippen LogP contribution in [0.25, 0.3) is 0 Å². The first-order chi connectivity index (χ1) is 12.5. The van der Waals surface area contributed by atoms with Crippen molar-refractivity contribution >= 4 is 29.3 Å². The molecule has 3 nitrogen and oxygen atoms in total. The Kier molecular flexibility index (Phi) is 8.33. The predicted octanol–water partition coefficient (Wildman–Crippen LogP) is 5.16. The number of rotatable bonds is 9. The Hall–Kier alpha value is -1.65. The second-order valence-corrected chi connectivity index (χ2v) is 7.73. The molecule has 1 atom stereocenters. The third kappa shape index (κ3) is 6.26. The molecule has 0 bridgehead atoms. The van der Waals surface area contributed by atoms with Crippen LogP contribution >= 0.6 is 23.4 Å². The van der Waals surface area contributed by atoms with Crippen LogP contribution < -0.4 is 10.1 Å². The van der Waals surface area contributed by atoms with Crippen molar-refractivity contribution in [1.29, 1.82) is 0 Å². The number of hydrogen-bond acceptors (Lipinski definition) is 3. The lowest BCUT2D eigenvalue weighted by Gasteiger charge is -2.19. The number of amides is 1. The number of nitrogens with one attached hydrogen (secondary N) is 1. The molecule has 1 N–H and O–H groups in total. The molecule has 0 aliphatic rings. The number of carbonyl (C=O) groups excluding carboxylic acids is 1. The van der Waals surface area contributed by atoms with Gasteiger partial charge in [0, 0.05) is 23.1 Å². The van der Waals surface area contributed by atoms with Gasteiger partial charge in [-0.05, 0) is 49.1 Å². The second-order valence-electron chi connectivity index (χ2n) is 6.22. The number of halogens is 1. The Morgan fingerprint density at radius 1 is 1.23 bits per heavy atom. The molecule has 0 heterocycles. The highest BCUT2D eigenvalue weighted by atomic mass is 35.5. The van der Waals surface area contributed by atoms with Gasteiger partial charge in [-0.2, -0.15) is 11.8 Å². The zero-order valence-corrected chi connectivity index (χ0v) is 17.1. The van der Waals surface area contributed by atoms with Crippen molar-refractivity contribution in [2.45, 2.75) is 39.0 Å². The predicted molar refractivity (Wildman–Crippen MR) is 111 cm³/mol. The van der Waals surface area contributed by atoms with E-state index in [1.165, 1.54) is 0 Å². The number of hydrogen-bond donors (Lipinski definition) is 1. The van der Waals surface area contributed by atoms with Crippen molar-refractivity contribution < 1.29 is 9.53 Å². The monoisotopic (exact) mass is 391 g/mol. The fraction of sp³-hybridized carbons (Fsp3) is 0.381. The topological polar surface area (TPSA) is 38.3 Å². The lowest BCUT2D eigenvalue weighted by Crippen LogP contribution is -2.39. The van der Waals surface area contributed by atoms with Crippen LogP contribution in [0, 0.1) is 13.8 Å². The summed E-state index contributed by atoms with van der Waals surface area (Å²) in [6, 6.07) is 13.9. The van der Waals surface area contributed by atoms with E-state index in [0.717, 1.165) is 39.0 Å². The molecular weight excluding hydrogens is 366 g/mol. The molecule has 1 unspecified atom stereocenters. The van der Waals surface area contributed by atoms with Crippen molar-refractivity contribution in [1.82, 2.24) is 5.32 Å². The van der Waals surface area contributed by atoms with Crippen molar-refractivity contribution in [2.24, 2.45) is 0 Å². The lowest BCUT2D eigenvalue weighted by molar-refractivity contribution is -0.128. The van der Waals surface area contributed by atoms with E-state index in [9.17, 15) is 4.79 Å². The molecule has 5 heteroatoms. The fourth-order valence-electron chi connectivity index (χ4n) is 2.47. The molecule has 0 spiro atoms. The standard InChI is InChI=1S/C21H26ClNO2S/c1-4-19(25-20-13-15(2)9-10-16(20)3)21(24)23-11-12-26-14-17-7-5-6-8-18(17)22/h5-10,13,19H,4,11-12,14H2,1-3H3,(H,23,24). The Morgan fingerprint density at radius 2 is 2.00 bits per heavy atom. The molecule has 2 aromatic rings. The Labute approximate surface area is 165 Å². The zero-order valence-electron chi connectivity index (χ0n) is 15.5. The summed E-state index contributed by atoms with van der Waals surface area (Å²) in [5, 5.41) is 3.76. The van der Waals surface area contributed by atoms with E-state index in [1.54, 1.807) is 11.8 Å². The average Bonchev–Trinajstić information content (AvgIpc) is 2.63. The first kappa shape index (κ1) is 20.7. The third-order valence-electron chi connectivity index (χ3n) is 4.04. The summed E-state index contributed by atoms with van der Waals surface area (Å²) >= 11 is 7.90. The Bertz CT molecular complexity index is 736. The van der Waals surface area contributed by atoms with Gasteiger partial charge in [-0.3, -0.25) is 4.79 Å². The van der Waals surface area contributed by atoms with E-state index in [-0.39, 0.29) is 5.91 Å². The minimum Gasteiger partial charge on any atom is -0.480 e. The molecule has 2 aromatic carbocycles. The van der Waals surface area contributed by atoms with E-state index in [4.69, 9.17) is 16.3 Å². The number of carbonyl (C=O) groups is 1. The van der Waals surface area contributed by atoms with Crippen LogP contribution in [-0.2, 0) is 10.5 Å². The average molecular weight is 392 g/mol. The minimum atomic E-state index is -0.468. The first-order valence-electron chi connectivity index (χ1n) is 8.84. The molecular formula is C21H26ClNO2S. The first-order valence-corrected chi connectivity index (χ1v) is 10.4. The van der Waals surface area contributed by atoms with Crippen LogP contribution in [0.4, 0.5) is 0 Å². The Balaban J connectivity index is 1.76. The van der Waals surface area contributed by atoms with Gasteiger partial charge >= 0.3 is 0 Å². The highest BCUT2D eigenvalue weighted by Gasteiger charge is 2.18. The summed E-state index contributed by atoms with van der Waals surface area (Å²) in [5.41, 5.74) is 3.28. The van der Waals surface area contributed by atoms with Crippen LogP contribution in [0.5, 0.6) is 5.75 Å². The molecule has 0 fully saturated rings. The number of benzene rings is 2. The molecule has 0 radical (unpaired) electrons. The summed E-state index contributed by atoms with van der Waals surface area (Å²) in [6.07, 6.45) is 0.162. The van der Waals surface area contributed by atoms with E-state index in [0.29, 0.717) is 13.0 Å². The SMILES string of the molecule is CCC(Oc1cc(C)ccc1C)C(=O)NCCSCc1ccccc1Cl. The molecule has 2 rings (SSSR count). The number of thioether (sulfide) groups is 1. The summed E-state index contributed by atoms with van der Waals surface area (Å²) < 4.78 is 5.94. The number of aryl methyl sites for hydroxylation is 2. The maximum absolute atomic E-state index is 12.4. The van der Waals surface area contributed by atoms with E-state index < -0.39 is 6.10 Å². The van der Waals surface area contributed by atoms with Gasteiger partial charge < -0.3 is 10.1 Å². The van der Waals surface area contributed by atoms with Crippen molar-refractivity contribution in [3.05, 3.63) is 64.2 Å². The third-order valence-corrected chi connectivity index (χ3v) is 5.41. The summed E-state index contributed by atoms with van der Waals surface area (Å²) in [4.78, 5) is 12.4. The number of ether oxygens (including phenoxy) is 1. The van der Waals surface area contributed by atoms with Crippen LogP contribution in [0.15, 0.2) is 42.5 Å². The smallest absolute Gasteiger partial charge is 0.261 e. The largest absolute Gasteiger partial charge is 0.480 e. The second kappa shape index (κ2) is 10.5. The maximum atomic E-state index is 12.4. The molecule has 1 amide bonds. The normalized spacial score (nSPS) is 11.8. The Morgan fingerprint density at radius 3 is 2.73 bits per heavy atom. The van der Waals surface area contributed by atoms with Crippen LogP contribution in [0.1, 0.15) is 30.0 Å². The van der Waals surface area contributed by atoms with Gasteiger partial charge in [-0.15, -0.1) is 0 Å². The summed E-state index contributed by atoms with van der Waals surface area (Å²) in [7, 11) is 0. The molecule has 0 aliphatic heterocycles. The van der Waals surface area contributed by atoms with Gasteiger partial charge in [0.1, 0.15) is 5.75 Å². The highest BCUT2D eigenvalue weighted by Crippen LogP contribution is 2.22.